The summed E-state index contributed by atoms with van der Waals surface area (Å²) >= 11 is 0. The maximum atomic E-state index is 11.9. The third-order valence-electron chi connectivity index (χ3n) is 4.65. The molecule has 3 unspecified atom stereocenters. The van der Waals surface area contributed by atoms with Crippen LogP contribution in [-0.4, -0.2) is 38.3 Å². The molecule has 0 aromatic carbocycles. The lowest BCUT2D eigenvalue weighted by atomic mass is 9.87. The van der Waals surface area contributed by atoms with E-state index < -0.39 is 0 Å². The number of carbonyl (C=O) groups excluding carboxylic acids is 1. The second kappa shape index (κ2) is 9.65. The minimum absolute atomic E-state index is 0. The van der Waals surface area contributed by atoms with Gasteiger partial charge in [0.2, 0.25) is 5.91 Å². The van der Waals surface area contributed by atoms with Crippen LogP contribution in [0.15, 0.2) is 0 Å². The number of nitrogens with one attached hydrogen (secondary N) is 2. The van der Waals surface area contributed by atoms with E-state index in [-0.39, 0.29) is 18.3 Å². The van der Waals surface area contributed by atoms with Crippen molar-refractivity contribution in [2.24, 2.45) is 17.8 Å². The molecule has 2 fully saturated rings. The minimum Gasteiger partial charge on any atom is -0.378 e. The molecule has 2 aliphatic rings. The lowest BCUT2D eigenvalue weighted by Gasteiger charge is -2.34. The number of ether oxygens (including phenoxy) is 1. The molecule has 5 heteroatoms. The molecule has 0 aliphatic carbocycles. The summed E-state index contributed by atoms with van der Waals surface area (Å²) in [5.41, 5.74) is 0. The smallest absolute Gasteiger partial charge is 0.220 e. The molecule has 2 N–H and O–H groups in total. The summed E-state index contributed by atoms with van der Waals surface area (Å²) in [6.07, 6.45) is 5.52. The Morgan fingerprint density at radius 2 is 2.19 bits per heavy atom. The van der Waals surface area contributed by atoms with E-state index in [1.807, 2.05) is 0 Å². The van der Waals surface area contributed by atoms with Gasteiger partial charge in [0, 0.05) is 25.5 Å². The highest BCUT2D eigenvalue weighted by Crippen LogP contribution is 2.25. The van der Waals surface area contributed by atoms with Crippen LogP contribution in [0.2, 0.25) is 0 Å². The number of halogens is 1. The number of amides is 1. The average Bonchev–Trinajstić information content (AvgIpc) is 2.96. The normalized spacial score (nSPS) is 29.2. The quantitative estimate of drug-likeness (QED) is 0.790. The zero-order valence-electron chi connectivity index (χ0n) is 13.4. The molecule has 21 heavy (non-hydrogen) atoms. The van der Waals surface area contributed by atoms with Gasteiger partial charge in [-0.2, -0.15) is 0 Å². The van der Waals surface area contributed by atoms with E-state index in [1.54, 1.807) is 0 Å². The van der Waals surface area contributed by atoms with Crippen LogP contribution in [0.1, 0.15) is 46.0 Å². The molecule has 124 valence electrons. The van der Waals surface area contributed by atoms with Crippen molar-refractivity contribution in [1.82, 2.24) is 10.6 Å². The Kier molecular flexibility index (Phi) is 8.60. The number of rotatable bonds is 6. The van der Waals surface area contributed by atoms with Crippen LogP contribution in [0, 0.1) is 17.8 Å². The lowest BCUT2D eigenvalue weighted by Crippen LogP contribution is -2.41. The second-order valence-corrected chi connectivity index (χ2v) is 6.68. The zero-order valence-corrected chi connectivity index (χ0v) is 14.2. The third kappa shape index (κ3) is 6.13. The summed E-state index contributed by atoms with van der Waals surface area (Å²) in [5, 5.41) is 6.47. The van der Waals surface area contributed by atoms with E-state index in [0.717, 1.165) is 39.1 Å². The summed E-state index contributed by atoms with van der Waals surface area (Å²) in [7, 11) is 0. The first-order valence-corrected chi connectivity index (χ1v) is 8.26. The molecule has 0 spiro atoms. The SMILES string of the molecule is CC(C)C1OCCCC1CNC(=O)CCC1CCNC1.Cl. The van der Waals surface area contributed by atoms with Crippen molar-refractivity contribution in [2.75, 3.05) is 26.2 Å². The first kappa shape index (κ1) is 18.7. The second-order valence-electron chi connectivity index (χ2n) is 6.68. The van der Waals surface area contributed by atoms with Gasteiger partial charge < -0.3 is 15.4 Å². The molecular weight excluding hydrogens is 288 g/mol. The summed E-state index contributed by atoms with van der Waals surface area (Å²) < 4.78 is 5.87. The molecule has 2 saturated heterocycles. The van der Waals surface area contributed by atoms with Crippen molar-refractivity contribution in [3.8, 4) is 0 Å². The first-order valence-electron chi connectivity index (χ1n) is 8.26. The summed E-state index contributed by atoms with van der Waals surface area (Å²) in [4.78, 5) is 11.9. The highest BCUT2D eigenvalue weighted by Gasteiger charge is 2.28. The van der Waals surface area contributed by atoms with Crippen molar-refractivity contribution < 1.29 is 9.53 Å². The van der Waals surface area contributed by atoms with Crippen molar-refractivity contribution >= 4 is 18.3 Å². The molecule has 0 aromatic rings. The van der Waals surface area contributed by atoms with Gasteiger partial charge in [-0.15, -0.1) is 12.4 Å². The van der Waals surface area contributed by atoms with Crippen molar-refractivity contribution in [3.05, 3.63) is 0 Å². The molecular formula is C16H31ClN2O2. The molecule has 4 nitrogen and oxygen atoms in total. The van der Waals surface area contributed by atoms with Crippen LogP contribution in [0.4, 0.5) is 0 Å². The summed E-state index contributed by atoms with van der Waals surface area (Å²) in [6.45, 7) is 8.27. The van der Waals surface area contributed by atoms with Gasteiger partial charge in [0.05, 0.1) is 6.10 Å². The lowest BCUT2D eigenvalue weighted by molar-refractivity contribution is -0.122. The third-order valence-corrected chi connectivity index (χ3v) is 4.65. The number of hydrogen-bond donors (Lipinski definition) is 2. The predicted molar refractivity (Wildman–Crippen MR) is 87.8 cm³/mol. The van der Waals surface area contributed by atoms with Crippen LogP contribution < -0.4 is 10.6 Å². The van der Waals surface area contributed by atoms with Gasteiger partial charge in [-0.05, 0) is 50.6 Å². The monoisotopic (exact) mass is 318 g/mol. The minimum atomic E-state index is 0. The average molecular weight is 319 g/mol. The van der Waals surface area contributed by atoms with Gasteiger partial charge in [-0.25, -0.2) is 0 Å². The van der Waals surface area contributed by atoms with Gasteiger partial charge in [0.15, 0.2) is 0 Å². The molecule has 2 heterocycles. The van der Waals surface area contributed by atoms with E-state index in [9.17, 15) is 4.79 Å². The number of carbonyl (C=O) groups is 1. The Morgan fingerprint density at radius 3 is 2.86 bits per heavy atom. The fourth-order valence-corrected chi connectivity index (χ4v) is 3.45. The maximum absolute atomic E-state index is 11.9. The van der Waals surface area contributed by atoms with Gasteiger partial charge in [-0.1, -0.05) is 13.8 Å². The fourth-order valence-electron chi connectivity index (χ4n) is 3.45. The van der Waals surface area contributed by atoms with Crippen LogP contribution >= 0.6 is 12.4 Å². The molecule has 2 rings (SSSR count). The van der Waals surface area contributed by atoms with E-state index in [2.05, 4.69) is 24.5 Å². The Bertz CT molecular complexity index is 307. The molecule has 2 aliphatic heterocycles. The Balaban J connectivity index is 0.00000220. The maximum Gasteiger partial charge on any atom is 0.220 e. The topological polar surface area (TPSA) is 50.4 Å². The molecule has 1 amide bonds. The molecule has 0 aromatic heterocycles. The summed E-state index contributed by atoms with van der Waals surface area (Å²) in [6, 6.07) is 0. The Hall–Kier alpha value is -0.320. The first-order chi connectivity index (χ1) is 9.66. The van der Waals surface area contributed by atoms with Crippen LogP contribution in [0.25, 0.3) is 0 Å². The van der Waals surface area contributed by atoms with E-state index in [0.29, 0.717) is 30.3 Å². The van der Waals surface area contributed by atoms with Gasteiger partial charge in [0.1, 0.15) is 0 Å². The van der Waals surface area contributed by atoms with Gasteiger partial charge in [0.25, 0.3) is 0 Å². The van der Waals surface area contributed by atoms with E-state index >= 15 is 0 Å². The molecule has 3 atom stereocenters. The molecule has 0 saturated carbocycles. The summed E-state index contributed by atoms with van der Waals surface area (Å²) in [5.74, 6) is 1.93. The van der Waals surface area contributed by atoms with Gasteiger partial charge >= 0.3 is 0 Å². The predicted octanol–water partition coefficient (Wildman–Crippen LogP) is 2.37. The van der Waals surface area contributed by atoms with Crippen molar-refractivity contribution in [2.45, 2.75) is 52.1 Å². The zero-order chi connectivity index (χ0) is 14.4. The molecule has 0 radical (unpaired) electrons. The highest BCUT2D eigenvalue weighted by atomic mass is 35.5. The van der Waals surface area contributed by atoms with E-state index in [4.69, 9.17) is 4.74 Å². The van der Waals surface area contributed by atoms with Gasteiger partial charge in [-0.3, -0.25) is 4.79 Å². The fraction of sp³-hybridized carbons (Fsp3) is 0.938. The standard InChI is InChI=1S/C16H30N2O2.ClH/c1-12(2)16-14(4-3-9-20-16)11-18-15(19)6-5-13-7-8-17-10-13;/h12-14,16-17H,3-11H2,1-2H3,(H,18,19);1H. The number of hydrogen-bond acceptors (Lipinski definition) is 3. The Morgan fingerprint density at radius 1 is 1.38 bits per heavy atom. The molecule has 0 bridgehead atoms. The van der Waals surface area contributed by atoms with Crippen molar-refractivity contribution in [1.29, 1.82) is 0 Å². The van der Waals surface area contributed by atoms with E-state index in [1.165, 1.54) is 12.8 Å². The largest absolute Gasteiger partial charge is 0.378 e. The van der Waals surface area contributed by atoms with Crippen molar-refractivity contribution in [3.63, 3.8) is 0 Å². The Labute approximate surface area is 135 Å². The van der Waals surface area contributed by atoms with Crippen LogP contribution in [-0.2, 0) is 9.53 Å². The van der Waals surface area contributed by atoms with Crippen LogP contribution in [0.5, 0.6) is 0 Å². The van der Waals surface area contributed by atoms with Crippen LogP contribution in [0.3, 0.4) is 0 Å². The highest BCUT2D eigenvalue weighted by molar-refractivity contribution is 5.85.